The maximum Gasteiger partial charge on any atom is 0.0339 e. The zero-order valence-corrected chi connectivity index (χ0v) is 7.29. The second-order valence-electron chi connectivity index (χ2n) is 2.86. The first kappa shape index (κ1) is 8.85. The molecule has 0 aromatic carbocycles. The van der Waals surface area contributed by atoms with Crippen molar-refractivity contribution in [3.63, 3.8) is 0 Å². The van der Waals surface area contributed by atoms with Crippen LogP contribution in [0.25, 0.3) is 0 Å². The summed E-state index contributed by atoms with van der Waals surface area (Å²) in [5, 5.41) is 3.39. The third-order valence-corrected chi connectivity index (χ3v) is 1.84. The molecule has 1 nitrogen and oxygen atoms in total. The van der Waals surface area contributed by atoms with E-state index in [-0.39, 0.29) is 0 Å². The molecule has 0 aromatic rings. The van der Waals surface area contributed by atoms with Crippen LogP contribution in [0.2, 0.25) is 0 Å². The van der Waals surface area contributed by atoms with Crippen molar-refractivity contribution in [1.29, 1.82) is 0 Å². The molecule has 0 aromatic heterocycles. The van der Waals surface area contributed by atoms with Crippen LogP contribution in [0.15, 0.2) is 49.2 Å². The third-order valence-electron chi connectivity index (χ3n) is 1.84. The van der Waals surface area contributed by atoms with Gasteiger partial charge in [0, 0.05) is 11.7 Å². The van der Waals surface area contributed by atoms with Gasteiger partial charge in [0.25, 0.3) is 0 Å². The van der Waals surface area contributed by atoms with Crippen LogP contribution >= 0.6 is 0 Å². The molecule has 1 heterocycles. The van der Waals surface area contributed by atoms with Gasteiger partial charge in [-0.25, -0.2) is 0 Å². The minimum atomic E-state index is 0.513. The molecule has 1 aliphatic heterocycles. The quantitative estimate of drug-likeness (QED) is 0.627. The van der Waals surface area contributed by atoms with E-state index < -0.39 is 0 Å². The lowest BCUT2D eigenvalue weighted by molar-refractivity contribution is 0.572. The van der Waals surface area contributed by atoms with Crippen LogP contribution in [0, 0.1) is 0 Å². The van der Waals surface area contributed by atoms with E-state index in [2.05, 4.69) is 30.6 Å². The second-order valence-corrected chi connectivity index (χ2v) is 2.86. The molecule has 1 N–H and O–H groups in total. The van der Waals surface area contributed by atoms with Crippen LogP contribution in [0.1, 0.15) is 12.8 Å². The summed E-state index contributed by atoms with van der Waals surface area (Å²) in [6, 6.07) is 0.513. The Hall–Kier alpha value is -1.24. The van der Waals surface area contributed by atoms with Gasteiger partial charge in [-0.3, -0.25) is 0 Å². The van der Waals surface area contributed by atoms with E-state index in [0.717, 1.165) is 18.5 Å². The van der Waals surface area contributed by atoms with Crippen molar-refractivity contribution in [1.82, 2.24) is 5.32 Å². The van der Waals surface area contributed by atoms with Gasteiger partial charge in [-0.05, 0) is 25.0 Å². The Kier molecular flexibility index (Phi) is 3.39. The van der Waals surface area contributed by atoms with Gasteiger partial charge < -0.3 is 5.32 Å². The van der Waals surface area contributed by atoms with E-state index in [0.29, 0.717) is 6.04 Å². The van der Waals surface area contributed by atoms with Crippen molar-refractivity contribution in [3.05, 3.63) is 49.2 Å². The van der Waals surface area contributed by atoms with E-state index in [4.69, 9.17) is 0 Å². The van der Waals surface area contributed by atoms with Crippen LogP contribution in [0.3, 0.4) is 0 Å². The van der Waals surface area contributed by atoms with Crippen molar-refractivity contribution in [3.8, 4) is 0 Å². The van der Waals surface area contributed by atoms with E-state index in [1.165, 1.54) is 0 Å². The Balaban J connectivity index is 2.56. The van der Waals surface area contributed by atoms with E-state index in [9.17, 15) is 0 Å². The first-order valence-electron chi connectivity index (χ1n) is 4.23. The smallest absolute Gasteiger partial charge is 0.0339 e. The standard InChI is InChI=1S/C11H15N/c1-3-6-10-8-5-9-11(12-10)7-4-2/h3-6,8,11-12H,1-2,7,9H2/b10-6+. The molecule has 64 valence electrons. The lowest BCUT2D eigenvalue weighted by Crippen LogP contribution is -2.29. The fourth-order valence-corrected chi connectivity index (χ4v) is 1.29. The van der Waals surface area contributed by atoms with Gasteiger partial charge >= 0.3 is 0 Å². The Labute approximate surface area is 74.2 Å². The highest BCUT2D eigenvalue weighted by molar-refractivity contribution is 5.25. The van der Waals surface area contributed by atoms with Gasteiger partial charge in [-0.1, -0.05) is 24.8 Å². The van der Waals surface area contributed by atoms with Crippen LogP contribution in [0.4, 0.5) is 0 Å². The first-order valence-corrected chi connectivity index (χ1v) is 4.23. The normalized spacial score (nSPS) is 25.0. The topological polar surface area (TPSA) is 12.0 Å². The van der Waals surface area contributed by atoms with Crippen LogP contribution in [0.5, 0.6) is 0 Å². The number of hydrogen-bond acceptors (Lipinski definition) is 1. The van der Waals surface area contributed by atoms with Crippen LogP contribution < -0.4 is 5.32 Å². The van der Waals surface area contributed by atoms with Gasteiger partial charge in [0.2, 0.25) is 0 Å². The largest absolute Gasteiger partial charge is 0.382 e. The molecule has 0 saturated carbocycles. The monoisotopic (exact) mass is 161 g/mol. The molecule has 1 unspecified atom stereocenters. The average molecular weight is 161 g/mol. The molecule has 1 atom stereocenters. The lowest BCUT2D eigenvalue weighted by atomic mass is 10.1. The number of nitrogens with one attached hydrogen (secondary N) is 1. The summed E-state index contributed by atoms with van der Waals surface area (Å²) < 4.78 is 0. The molecular weight excluding hydrogens is 146 g/mol. The van der Waals surface area contributed by atoms with E-state index in [1.54, 1.807) is 6.08 Å². The van der Waals surface area contributed by atoms with Crippen molar-refractivity contribution in [2.24, 2.45) is 0 Å². The van der Waals surface area contributed by atoms with E-state index in [1.807, 2.05) is 12.2 Å². The molecule has 1 rings (SSSR count). The van der Waals surface area contributed by atoms with Gasteiger partial charge in [-0.2, -0.15) is 0 Å². The molecule has 0 aliphatic carbocycles. The average Bonchev–Trinajstić information content (AvgIpc) is 2.06. The van der Waals surface area contributed by atoms with Gasteiger partial charge in [-0.15, -0.1) is 6.58 Å². The predicted octanol–water partition coefficient (Wildman–Crippen LogP) is 2.55. The molecule has 0 radical (unpaired) electrons. The summed E-state index contributed by atoms with van der Waals surface area (Å²) in [7, 11) is 0. The summed E-state index contributed by atoms with van der Waals surface area (Å²) in [4.78, 5) is 0. The summed E-state index contributed by atoms with van der Waals surface area (Å²) in [6.07, 6.45) is 12.1. The molecule has 0 fully saturated rings. The Morgan fingerprint density at radius 3 is 3.08 bits per heavy atom. The zero-order valence-electron chi connectivity index (χ0n) is 7.29. The Bertz CT molecular complexity index is 223. The molecule has 0 bridgehead atoms. The van der Waals surface area contributed by atoms with Crippen LogP contribution in [-0.4, -0.2) is 6.04 Å². The first-order chi connectivity index (χ1) is 5.86. The molecule has 0 saturated heterocycles. The number of hydrogen-bond donors (Lipinski definition) is 1. The Morgan fingerprint density at radius 2 is 2.42 bits per heavy atom. The predicted molar refractivity (Wildman–Crippen MR) is 53.8 cm³/mol. The molecular formula is C11H15N. The van der Waals surface area contributed by atoms with Crippen LogP contribution in [-0.2, 0) is 0 Å². The minimum absolute atomic E-state index is 0.513. The fraction of sp³-hybridized carbons (Fsp3) is 0.273. The molecule has 1 heteroatoms. The minimum Gasteiger partial charge on any atom is -0.382 e. The third kappa shape index (κ3) is 2.42. The Morgan fingerprint density at radius 1 is 1.58 bits per heavy atom. The SMILES string of the molecule is C=C/C=C1\C=CCC(CC=C)N1. The number of allylic oxidation sites excluding steroid dienone is 3. The molecule has 0 amide bonds. The van der Waals surface area contributed by atoms with E-state index >= 15 is 0 Å². The molecule has 12 heavy (non-hydrogen) atoms. The van der Waals surface area contributed by atoms with Crippen molar-refractivity contribution >= 4 is 0 Å². The second kappa shape index (κ2) is 4.60. The lowest BCUT2D eigenvalue weighted by Gasteiger charge is -2.21. The highest BCUT2D eigenvalue weighted by atomic mass is 14.9. The van der Waals surface area contributed by atoms with Gasteiger partial charge in [0.05, 0.1) is 0 Å². The maximum atomic E-state index is 3.72. The van der Waals surface area contributed by atoms with Crippen molar-refractivity contribution < 1.29 is 0 Å². The fourth-order valence-electron chi connectivity index (χ4n) is 1.29. The van der Waals surface area contributed by atoms with Crippen molar-refractivity contribution in [2.45, 2.75) is 18.9 Å². The summed E-state index contributed by atoms with van der Waals surface area (Å²) in [5.41, 5.74) is 1.14. The summed E-state index contributed by atoms with van der Waals surface area (Å²) in [6.45, 7) is 7.38. The molecule has 1 aliphatic rings. The summed E-state index contributed by atoms with van der Waals surface area (Å²) in [5.74, 6) is 0. The highest BCUT2D eigenvalue weighted by Gasteiger charge is 2.08. The maximum absolute atomic E-state index is 3.72. The van der Waals surface area contributed by atoms with Crippen molar-refractivity contribution in [2.75, 3.05) is 0 Å². The zero-order chi connectivity index (χ0) is 8.81. The summed E-state index contributed by atoms with van der Waals surface area (Å²) >= 11 is 0. The number of rotatable bonds is 3. The molecule has 0 spiro atoms. The van der Waals surface area contributed by atoms with Gasteiger partial charge in [0.15, 0.2) is 0 Å². The van der Waals surface area contributed by atoms with Gasteiger partial charge in [0.1, 0.15) is 0 Å². The highest BCUT2D eigenvalue weighted by Crippen LogP contribution is 2.10.